The topological polar surface area (TPSA) is 91.6 Å². The molecule has 2 N–H and O–H groups in total. The van der Waals surface area contributed by atoms with Crippen LogP contribution in [0, 0.1) is 5.92 Å². The summed E-state index contributed by atoms with van der Waals surface area (Å²) in [6.45, 7) is 1.85. The highest BCUT2D eigenvalue weighted by atomic mass is 32.1. The van der Waals surface area contributed by atoms with Gasteiger partial charge in [0, 0.05) is 49.3 Å². The molecule has 2 atom stereocenters. The van der Waals surface area contributed by atoms with Crippen LogP contribution in [0.1, 0.15) is 24.1 Å². The number of rotatable bonds is 6. The second kappa shape index (κ2) is 9.36. The Bertz CT molecular complexity index is 973. The molecule has 3 aromatic rings. The molecular formula is C21H26N6O2S. The first kappa shape index (κ1) is 20.5. The normalized spacial score (nSPS) is 20.0. The molecular weight excluding hydrogens is 400 g/mol. The van der Waals surface area contributed by atoms with Crippen LogP contribution in [-0.4, -0.2) is 57.3 Å². The molecule has 158 valence electrons. The van der Waals surface area contributed by atoms with E-state index >= 15 is 0 Å². The number of hydrogen-bond acceptors (Lipinski definition) is 6. The van der Waals surface area contributed by atoms with Gasteiger partial charge in [-0.2, -0.15) is 0 Å². The van der Waals surface area contributed by atoms with Gasteiger partial charge < -0.3 is 15.5 Å². The zero-order valence-corrected chi connectivity index (χ0v) is 17.8. The third-order valence-electron chi connectivity index (χ3n) is 5.36. The Morgan fingerprint density at radius 2 is 2.07 bits per heavy atom. The van der Waals surface area contributed by atoms with E-state index < -0.39 is 0 Å². The Morgan fingerprint density at radius 1 is 1.23 bits per heavy atom. The van der Waals surface area contributed by atoms with E-state index in [1.807, 2.05) is 41.4 Å². The summed E-state index contributed by atoms with van der Waals surface area (Å²) < 4.78 is 1.96. The zero-order valence-electron chi connectivity index (χ0n) is 17.0. The molecule has 1 saturated heterocycles. The molecule has 1 aliphatic rings. The van der Waals surface area contributed by atoms with Gasteiger partial charge in [-0.3, -0.25) is 19.0 Å². The number of pyridine rings is 1. The van der Waals surface area contributed by atoms with Crippen molar-refractivity contribution in [2.45, 2.75) is 31.8 Å². The van der Waals surface area contributed by atoms with Gasteiger partial charge in [0.25, 0.3) is 0 Å². The Morgan fingerprint density at radius 3 is 2.87 bits per heavy atom. The second-order valence-corrected chi connectivity index (χ2v) is 8.71. The number of fused-ring (bicyclic) bond motifs is 1. The predicted octanol–water partition coefficient (Wildman–Crippen LogP) is 1.48. The fraction of sp³-hybridized carbons (Fsp3) is 0.429. The van der Waals surface area contributed by atoms with Crippen molar-refractivity contribution in [1.82, 2.24) is 29.9 Å². The van der Waals surface area contributed by atoms with Crippen LogP contribution in [0.25, 0.3) is 4.96 Å². The van der Waals surface area contributed by atoms with Crippen molar-refractivity contribution in [1.29, 1.82) is 0 Å². The van der Waals surface area contributed by atoms with Crippen LogP contribution in [0.4, 0.5) is 0 Å². The maximum absolute atomic E-state index is 12.7. The zero-order chi connectivity index (χ0) is 20.9. The van der Waals surface area contributed by atoms with Crippen molar-refractivity contribution in [3.05, 3.63) is 53.6 Å². The summed E-state index contributed by atoms with van der Waals surface area (Å²) in [4.78, 5) is 36.7. The van der Waals surface area contributed by atoms with Gasteiger partial charge >= 0.3 is 0 Å². The standard InChI is InChI=1S/C21H26N6O2S/c1-26-12-16(20(29)23-11-18-14-27-8-9-30-21(27)25-18)2-3-17(13-26)24-19(28)10-15-4-6-22-7-5-15/h4-9,14,16-17H,2-3,10-13H2,1H3,(H,23,29)(H,24,28)/t16-,17+/m1/s1. The predicted molar refractivity (Wildman–Crippen MR) is 115 cm³/mol. The van der Waals surface area contributed by atoms with Gasteiger partial charge in [-0.1, -0.05) is 0 Å². The number of amides is 2. The number of likely N-dealkylation sites (N-methyl/N-ethyl adjacent to an activating group) is 1. The monoisotopic (exact) mass is 426 g/mol. The summed E-state index contributed by atoms with van der Waals surface area (Å²) in [5, 5.41) is 8.13. The number of imidazole rings is 1. The number of aromatic nitrogens is 3. The highest BCUT2D eigenvalue weighted by molar-refractivity contribution is 7.15. The van der Waals surface area contributed by atoms with Gasteiger partial charge in [0.2, 0.25) is 11.8 Å². The van der Waals surface area contributed by atoms with Gasteiger partial charge in [0.1, 0.15) is 0 Å². The lowest BCUT2D eigenvalue weighted by Crippen LogP contribution is -2.42. The van der Waals surface area contributed by atoms with E-state index in [2.05, 4.69) is 25.5 Å². The first-order valence-corrected chi connectivity index (χ1v) is 11.0. The molecule has 1 fully saturated rings. The summed E-state index contributed by atoms with van der Waals surface area (Å²) in [7, 11) is 2.00. The summed E-state index contributed by atoms with van der Waals surface area (Å²) in [6.07, 6.45) is 9.16. The third kappa shape index (κ3) is 5.22. The number of hydrogen-bond donors (Lipinski definition) is 2. The fourth-order valence-corrected chi connectivity index (χ4v) is 4.61. The van der Waals surface area contributed by atoms with E-state index in [4.69, 9.17) is 0 Å². The Hall–Kier alpha value is -2.78. The molecule has 8 nitrogen and oxygen atoms in total. The first-order chi connectivity index (χ1) is 14.6. The number of nitrogens with one attached hydrogen (secondary N) is 2. The molecule has 4 heterocycles. The number of nitrogens with zero attached hydrogens (tertiary/aromatic N) is 4. The summed E-state index contributed by atoms with van der Waals surface area (Å²) in [6, 6.07) is 3.74. The average molecular weight is 427 g/mol. The molecule has 0 saturated carbocycles. The van der Waals surface area contributed by atoms with Crippen LogP contribution in [-0.2, 0) is 22.6 Å². The highest BCUT2D eigenvalue weighted by Crippen LogP contribution is 2.17. The molecule has 3 aromatic heterocycles. The lowest BCUT2D eigenvalue weighted by atomic mass is 10.0. The van der Waals surface area contributed by atoms with E-state index in [9.17, 15) is 9.59 Å². The molecule has 0 aromatic carbocycles. The lowest BCUT2D eigenvalue weighted by Gasteiger charge is -2.22. The average Bonchev–Trinajstić information content (AvgIpc) is 3.26. The Balaban J connectivity index is 1.27. The van der Waals surface area contributed by atoms with Crippen molar-refractivity contribution in [2.75, 3.05) is 20.1 Å². The summed E-state index contributed by atoms with van der Waals surface area (Å²) in [5.41, 5.74) is 1.80. The first-order valence-electron chi connectivity index (χ1n) is 10.1. The van der Waals surface area contributed by atoms with Crippen LogP contribution >= 0.6 is 11.3 Å². The highest BCUT2D eigenvalue weighted by Gasteiger charge is 2.27. The summed E-state index contributed by atoms with van der Waals surface area (Å²) in [5.74, 6) is -0.0509. The van der Waals surface area contributed by atoms with Gasteiger partial charge in [0.15, 0.2) is 4.96 Å². The molecule has 30 heavy (non-hydrogen) atoms. The maximum Gasteiger partial charge on any atom is 0.224 e. The van der Waals surface area contributed by atoms with Crippen molar-refractivity contribution >= 4 is 28.1 Å². The molecule has 9 heteroatoms. The Labute approximate surface area is 179 Å². The molecule has 0 radical (unpaired) electrons. The van der Waals surface area contributed by atoms with Crippen molar-refractivity contribution in [2.24, 2.45) is 5.92 Å². The SMILES string of the molecule is CN1C[C@@H](NC(=O)Cc2ccncc2)CC[C@@H](C(=O)NCc2cn3ccsc3n2)C1. The van der Waals surface area contributed by atoms with E-state index in [0.29, 0.717) is 19.5 Å². The molecule has 0 bridgehead atoms. The quantitative estimate of drug-likeness (QED) is 0.623. The fourth-order valence-electron chi connectivity index (χ4n) is 3.89. The largest absolute Gasteiger partial charge is 0.352 e. The van der Waals surface area contributed by atoms with Crippen LogP contribution in [0.5, 0.6) is 0 Å². The minimum Gasteiger partial charge on any atom is -0.352 e. The smallest absolute Gasteiger partial charge is 0.224 e. The van der Waals surface area contributed by atoms with Crippen molar-refractivity contribution in [3.63, 3.8) is 0 Å². The Kier molecular flexibility index (Phi) is 6.39. The molecule has 0 unspecified atom stereocenters. The van der Waals surface area contributed by atoms with Gasteiger partial charge in [0.05, 0.1) is 24.6 Å². The van der Waals surface area contributed by atoms with E-state index in [0.717, 1.165) is 35.6 Å². The molecule has 0 spiro atoms. The number of carbonyl (C=O) groups excluding carboxylic acids is 2. The minimum absolute atomic E-state index is 0.00208. The van der Waals surface area contributed by atoms with E-state index in [-0.39, 0.29) is 23.8 Å². The number of carbonyl (C=O) groups is 2. The van der Waals surface area contributed by atoms with Crippen LogP contribution in [0.3, 0.4) is 0 Å². The maximum atomic E-state index is 12.7. The van der Waals surface area contributed by atoms with Gasteiger partial charge in [-0.15, -0.1) is 11.3 Å². The van der Waals surface area contributed by atoms with E-state index in [1.165, 1.54) is 0 Å². The van der Waals surface area contributed by atoms with Crippen molar-refractivity contribution in [3.8, 4) is 0 Å². The number of likely N-dealkylation sites (tertiary alicyclic amines) is 1. The molecule has 2 amide bonds. The van der Waals surface area contributed by atoms with Crippen LogP contribution < -0.4 is 10.6 Å². The third-order valence-corrected chi connectivity index (χ3v) is 6.14. The second-order valence-electron chi connectivity index (χ2n) is 7.84. The van der Waals surface area contributed by atoms with Crippen molar-refractivity contribution < 1.29 is 9.59 Å². The van der Waals surface area contributed by atoms with Gasteiger partial charge in [-0.05, 0) is 37.6 Å². The molecule has 1 aliphatic heterocycles. The van der Waals surface area contributed by atoms with Crippen LogP contribution in [0.2, 0.25) is 0 Å². The minimum atomic E-state index is -0.0965. The van der Waals surface area contributed by atoms with E-state index in [1.54, 1.807) is 23.7 Å². The lowest BCUT2D eigenvalue weighted by molar-refractivity contribution is -0.125. The van der Waals surface area contributed by atoms with Gasteiger partial charge in [-0.25, -0.2) is 4.98 Å². The molecule has 0 aliphatic carbocycles. The summed E-state index contributed by atoms with van der Waals surface area (Å²) >= 11 is 1.57. The molecule has 4 rings (SSSR count). The number of thiazole rings is 1. The van der Waals surface area contributed by atoms with Crippen LogP contribution in [0.15, 0.2) is 42.3 Å².